The van der Waals surface area contributed by atoms with Gasteiger partial charge in [-0.05, 0) is 65.9 Å². The van der Waals surface area contributed by atoms with E-state index in [9.17, 15) is 27.2 Å². The average Bonchev–Trinajstić information content (AvgIpc) is 3.70. The number of hydrogen-bond donors (Lipinski definition) is 2. The normalized spacial score (nSPS) is 19.6. The van der Waals surface area contributed by atoms with Gasteiger partial charge in [-0.15, -0.1) is 0 Å². The predicted octanol–water partition coefficient (Wildman–Crippen LogP) is 6.30. The molecule has 2 saturated heterocycles. The van der Waals surface area contributed by atoms with Crippen LogP contribution in [0.25, 0.3) is 11.1 Å². The van der Waals surface area contributed by atoms with Crippen molar-refractivity contribution in [2.24, 2.45) is 5.92 Å². The predicted molar refractivity (Wildman–Crippen MR) is 160 cm³/mol. The van der Waals surface area contributed by atoms with Gasteiger partial charge < -0.3 is 19.7 Å². The van der Waals surface area contributed by atoms with Gasteiger partial charge in [0.15, 0.2) is 0 Å². The number of nitrogens with zero attached hydrogens (tertiary/aromatic N) is 2. The minimum Gasteiger partial charge on any atom is -0.380 e. The maximum absolute atomic E-state index is 14.3. The number of halogens is 4. The van der Waals surface area contributed by atoms with Gasteiger partial charge in [-0.2, -0.15) is 18.3 Å². The molecule has 0 spiro atoms. The number of ether oxygens (including phenoxy) is 2. The lowest BCUT2D eigenvalue weighted by molar-refractivity contribution is -0.137. The molecule has 3 atom stereocenters. The van der Waals surface area contributed by atoms with Crippen molar-refractivity contribution in [3.8, 4) is 11.1 Å². The van der Waals surface area contributed by atoms with Crippen molar-refractivity contribution < 1.29 is 36.6 Å². The number of aromatic amines is 1. The molecule has 12 heteroatoms. The minimum atomic E-state index is -4.67. The topological polar surface area (TPSA) is 96.5 Å². The molecule has 0 radical (unpaired) electrons. The van der Waals surface area contributed by atoms with Crippen LogP contribution in [0.5, 0.6) is 0 Å². The number of carbonyl (C=O) groups excluding carboxylic acids is 2. The van der Waals surface area contributed by atoms with E-state index in [-0.39, 0.29) is 41.6 Å². The Morgan fingerprint density at radius 3 is 2.59 bits per heavy atom. The van der Waals surface area contributed by atoms with Crippen LogP contribution in [0.2, 0.25) is 0 Å². The Morgan fingerprint density at radius 2 is 1.91 bits per heavy atom. The van der Waals surface area contributed by atoms with Gasteiger partial charge in [0.05, 0.1) is 30.5 Å². The molecule has 3 aromatic carbocycles. The molecule has 2 unspecified atom stereocenters. The van der Waals surface area contributed by atoms with Gasteiger partial charge in [-0.3, -0.25) is 14.7 Å². The maximum atomic E-state index is 14.3. The molecule has 46 heavy (non-hydrogen) atoms. The Morgan fingerprint density at radius 1 is 1.09 bits per heavy atom. The lowest BCUT2D eigenvalue weighted by Gasteiger charge is -2.31. The SMILES string of the molecule is COCc1cc(C(=O)N2CC(C3CCO3)C[C@@H]2c2cccc(C(=O)NCc3ccc(C(F)(F)F)cc3F)c2)ccc1-c1cn[nH]c1. The molecular weight excluding hydrogens is 604 g/mol. The number of aromatic nitrogens is 2. The van der Waals surface area contributed by atoms with E-state index in [1.54, 1.807) is 43.8 Å². The Bertz CT molecular complexity index is 1720. The van der Waals surface area contributed by atoms with Crippen LogP contribution in [-0.4, -0.2) is 53.3 Å². The molecule has 6 rings (SSSR count). The second-order valence-corrected chi connectivity index (χ2v) is 11.6. The number of nitrogens with one attached hydrogen (secondary N) is 2. The maximum Gasteiger partial charge on any atom is 0.416 e. The summed E-state index contributed by atoms with van der Waals surface area (Å²) in [5.74, 6) is -1.61. The fourth-order valence-electron chi connectivity index (χ4n) is 6.18. The summed E-state index contributed by atoms with van der Waals surface area (Å²) in [6.07, 6.45) is 0.435. The first-order chi connectivity index (χ1) is 22.1. The van der Waals surface area contributed by atoms with Crippen molar-refractivity contribution in [1.29, 1.82) is 0 Å². The highest BCUT2D eigenvalue weighted by atomic mass is 19.4. The molecule has 4 aromatic rings. The summed E-state index contributed by atoms with van der Waals surface area (Å²) in [5.41, 5.74) is 3.00. The summed E-state index contributed by atoms with van der Waals surface area (Å²) in [7, 11) is 1.59. The molecule has 0 aliphatic carbocycles. The Labute approximate surface area is 262 Å². The molecule has 1 aromatic heterocycles. The van der Waals surface area contributed by atoms with Gasteiger partial charge in [0.1, 0.15) is 5.82 Å². The quantitative estimate of drug-likeness (QED) is 0.210. The standard InChI is InChI=1S/C34H32F4N4O4/c1-45-19-25-12-22(6-8-28(25)26-16-40-41-17-26)33(44)42-18-24(31-9-10-46-31)13-30(42)20-3-2-4-21(11-20)32(43)39-15-23-5-7-27(14-29(23)35)34(36,37)38/h2-8,11-12,14,16-17,24,30-31H,9-10,13,15,18-19H2,1H3,(H,39,43)(H,40,41)/t24?,30-,31?/m1/s1. The van der Waals surface area contributed by atoms with E-state index in [0.29, 0.717) is 37.8 Å². The molecule has 2 aliphatic rings. The lowest BCUT2D eigenvalue weighted by Crippen LogP contribution is -2.37. The zero-order valence-electron chi connectivity index (χ0n) is 24.9. The van der Waals surface area contributed by atoms with Crippen LogP contribution in [0, 0.1) is 11.7 Å². The van der Waals surface area contributed by atoms with Crippen LogP contribution in [-0.2, 0) is 28.8 Å². The molecule has 3 heterocycles. The fourth-order valence-corrected chi connectivity index (χ4v) is 6.18. The van der Waals surface area contributed by atoms with E-state index in [4.69, 9.17) is 9.47 Å². The number of hydrogen-bond acceptors (Lipinski definition) is 5. The van der Waals surface area contributed by atoms with E-state index in [1.165, 1.54) is 0 Å². The van der Waals surface area contributed by atoms with Crippen LogP contribution in [0.1, 0.15) is 61.9 Å². The van der Waals surface area contributed by atoms with Crippen LogP contribution in [0.4, 0.5) is 17.6 Å². The van der Waals surface area contributed by atoms with Gasteiger partial charge in [0, 0.05) is 61.2 Å². The highest BCUT2D eigenvalue weighted by molar-refractivity contribution is 5.96. The zero-order chi connectivity index (χ0) is 32.4. The summed E-state index contributed by atoms with van der Waals surface area (Å²) in [6.45, 7) is 1.18. The van der Waals surface area contributed by atoms with Crippen molar-refractivity contribution >= 4 is 11.8 Å². The number of H-pyrrole nitrogens is 1. The summed E-state index contributed by atoms with van der Waals surface area (Å²) in [6, 6.07) is 14.3. The fraction of sp³-hybridized carbons (Fsp3) is 0.324. The van der Waals surface area contributed by atoms with E-state index in [0.717, 1.165) is 40.8 Å². The zero-order valence-corrected chi connectivity index (χ0v) is 24.9. The molecular formula is C34H32F4N4O4. The minimum absolute atomic E-state index is 0.0536. The van der Waals surface area contributed by atoms with E-state index in [1.807, 2.05) is 23.1 Å². The summed E-state index contributed by atoms with van der Waals surface area (Å²) < 4.78 is 64.3. The van der Waals surface area contributed by atoms with Crippen LogP contribution in [0.15, 0.2) is 73.1 Å². The summed E-state index contributed by atoms with van der Waals surface area (Å²) in [4.78, 5) is 29.0. The molecule has 240 valence electrons. The Kier molecular flexibility index (Phi) is 8.92. The third kappa shape index (κ3) is 6.54. The van der Waals surface area contributed by atoms with Gasteiger partial charge in [0.2, 0.25) is 0 Å². The third-order valence-electron chi connectivity index (χ3n) is 8.67. The van der Waals surface area contributed by atoms with Crippen molar-refractivity contribution in [2.75, 3.05) is 20.3 Å². The van der Waals surface area contributed by atoms with Crippen LogP contribution < -0.4 is 5.32 Å². The van der Waals surface area contributed by atoms with Crippen molar-refractivity contribution in [3.63, 3.8) is 0 Å². The lowest BCUT2D eigenvalue weighted by atomic mass is 9.91. The molecule has 2 fully saturated rings. The number of carbonyl (C=O) groups is 2. The second-order valence-electron chi connectivity index (χ2n) is 11.6. The largest absolute Gasteiger partial charge is 0.416 e. The Hall–Kier alpha value is -4.55. The second kappa shape index (κ2) is 13.1. The van der Waals surface area contributed by atoms with E-state index >= 15 is 0 Å². The first kappa shape index (κ1) is 31.4. The molecule has 0 bridgehead atoms. The highest BCUT2D eigenvalue weighted by Crippen LogP contribution is 2.41. The monoisotopic (exact) mass is 636 g/mol. The number of likely N-dealkylation sites (tertiary alicyclic amines) is 1. The molecule has 0 saturated carbocycles. The van der Waals surface area contributed by atoms with E-state index in [2.05, 4.69) is 15.5 Å². The van der Waals surface area contributed by atoms with Gasteiger partial charge in [-0.1, -0.05) is 24.3 Å². The molecule has 8 nitrogen and oxygen atoms in total. The van der Waals surface area contributed by atoms with Gasteiger partial charge >= 0.3 is 6.18 Å². The van der Waals surface area contributed by atoms with Crippen LogP contribution >= 0.6 is 0 Å². The molecule has 2 aliphatic heterocycles. The molecule has 2 amide bonds. The number of methoxy groups -OCH3 is 1. The van der Waals surface area contributed by atoms with Gasteiger partial charge in [-0.25, -0.2) is 4.39 Å². The van der Waals surface area contributed by atoms with Crippen molar-refractivity contribution in [1.82, 2.24) is 20.4 Å². The number of rotatable bonds is 9. The number of amides is 2. The highest BCUT2D eigenvalue weighted by Gasteiger charge is 2.42. The summed E-state index contributed by atoms with van der Waals surface area (Å²) >= 11 is 0. The van der Waals surface area contributed by atoms with E-state index < -0.39 is 23.5 Å². The Balaban J connectivity index is 1.23. The number of alkyl halides is 3. The summed E-state index contributed by atoms with van der Waals surface area (Å²) in [5, 5.41) is 9.43. The van der Waals surface area contributed by atoms with Crippen molar-refractivity contribution in [2.45, 2.75) is 44.3 Å². The first-order valence-electron chi connectivity index (χ1n) is 14.9. The van der Waals surface area contributed by atoms with Gasteiger partial charge in [0.25, 0.3) is 11.8 Å². The van der Waals surface area contributed by atoms with Crippen molar-refractivity contribution in [3.05, 3.63) is 112 Å². The number of benzene rings is 3. The molecule has 2 N–H and O–H groups in total. The smallest absolute Gasteiger partial charge is 0.380 e. The first-order valence-corrected chi connectivity index (χ1v) is 14.9. The third-order valence-corrected chi connectivity index (χ3v) is 8.67. The average molecular weight is 637 g/mol. The van der Waals surface area contributed by atoms with Crippen LogP contribution in [0.3, 0.4) is 0 Å².